The SMILES string of the molecule is COCOC(OC(C)=O)C(=O)c1cccc(C)c1. The number of carbonyl (C=O) groups excluding carboxylic acids is 2. The van der Waals surface area contributed by atoms with Crippen LogP contribution in [-0.4, -0.2) is 31.9 Å². The smallest absolute Gasteiger partial charge is 0.305 e. The summed E-state index contributed by atoms with van der Waals surface area (Å²) in [4.78, 5) is 23.0. The molecule has 0 amide bonds. The van der Waals surface area contributed by atoms with Gasteiger partial charge in [-0.2, -0.15) is 0 Å². The first-order chi connectivity index (χ1) is 8.54. The van der Waals surface area contributed by atoms with Crippen LogP contribution in [0.5, 0.6) is 0 Å². The molecule has 5 heteroatoms. The van der Waals surface area contributed by atoms with Gasteiger partial charge in [0.1, 0.15) is 0 Å². The van der Waals surface area contributed by atoms with Gasteiger partial charge in [0.15, 0.2) is 6.79 Å². The van der Waals surface area contributed by atoms with Crippen LogP contribution in [-0.2, 0) is 19.0 Å². The minimum absolute atomic E-state index is 0.129. The van der Waals surface area contributed by atoms with Crippen LogP contribution in [0, 0.1) is 6.92 Å². The third kappa shape index (κ3) is 4.27. The molecule has 0 saturated carbocycles. The summed E-state index contributed by atoms with van der Waals surface area (Å²) in [6.07, 6.45) is -1.27. The van der Waals surface area contributed by atoms with E-state index in [0.29, 0.717) is 5.56 Å². The second kappa shape index (κ2) is 6.88. The van der Waals surface area contributed by atoms with Gasteiger partial charge in [-0.15, -0.1) is 0 Å². The van der Waals surface area contributed by atoms with Crippen molar-refractivity contribution in [1.29, 1.82) is 0 Å². The summed E-state index contributed by atoms with van der Waals surface area (Å²) in [6, 6.07) is 6.97. The standard InChI is InChI=1S/C13H16O5/c1-9-5-4-6-11(7-9)12(15)13(17-8-16-3)18-10(2)14/h4-7,13H,8H2,1-3H3. The number of esters is 1. The van der Waals surface area contributed by atoms with Gasteiger partial charge in [-0.05, 0) is 13.0 Å². The van der Waals surface area contributed by atoms with E-state index in [1.165, 1.54) is 14.0 Å². The molecule has 18 heavy (non-hydrogen) atoms. The number of ketones is 1. The van der Waals surface area contributed by atoms with E-state index in [9.17, 15) is 9.59 Å². The number of benzene rings is 1. The first-order valence-electron chi connectivity index (χ1n) is 5.43. The third-order valence-electron chi connectivity index (χ3n) is 2.13. The third-order valence-corrected chi connectivity index (χ3v) is 2.13. The highest BCUT2D eigenvalue weighted by Crippen LogP contribution is 2.10. The number of Topliss-reactive ketones (excluding diaryl/α,β-unsaturated/α-hetero) is 1. The van der Waals surface area contributed by atoms with E-state index in [1.54, 1.807) is 18.2 Å². The summed E-state index contributed by atoms with van der Waals surface area (Å²) in [6.45, 7) is 2.95. The molecular weight excluding hydrogens is 236 g/mol. The molecule has 1 atom stereocenters. The van der Waals surface area contributed by atoms with Gasteiger partial charge in [0.05, 0.1) is 0 Å². The Morgan fingerprint density at radius 3 is 2.61 bits per heavy atom. The van der Waals surface area contributed by atoms with Crippen LogP contribution in [0.3, 0.4) is 0 Å². The Bertz CT molecular complexity index is 427. The Morgan fingerprint density at radius 1 is 1.33 bits per heavy atom. The summed E-state index contributed by atoms with van der Waals surface area (Å²) < 4.78 is 14.6. The maximum absolute atomic E-state index is 12.1. The van der Waals surface area contributed by atoms with E-state index >= 15 is 0 Å². The maximum atomic E-state index is 12.1. The molecule has 0 aliphatic heterocycles. The van der Waals surface area contributed by atoms with E-state index < -0.39 is 18.0 Å². The van der Waals surface area contributed by atoms with Gasteiger partial charge < -0.3 is 14.2 Å². The van der Waals surface area contributed by atoms with Crippen LogP contribution >= 0.6 is 0 Å². The number of hydrogen-bond donors (Lipinski definition) is 0. The predicted molar refractivity (Wildman–Crippen MR) is 64.0 cm³/mol. The topological polar surface area (TPSA) is 61.8 Å². The molecule has 5 nitrogen and oxygen atoms in total. The van der Waals surface area contributed by atoms with E-state index in [4.69, 9.17) is 14.2 Å². The number of carbonyl (C=O) groups is 2. The molecule has 0 aliphatic rings. The molecule has 0 aromatic heterocycles. The maximum Gasteiger partial charge on any atom is 0.305 e. The van der Waals surface area contributed by atoms with Crippen molar-refractivity contribution < 1.29 is 23.8 Å². The molecule has 1 rings (SSSR count). The molecule has 1 aromatic carbocycles. The number of methoxy groups -OCH3 is 1. The van der Waals surface area contributed by atoms with Crippen molar-refractivity contribution in [3.8, 4) is 0 Å². The predicted octanol–water partition coefficient (Wildman–Crippen LogP) is 1.69. The van der Waals surface area contributed by atoms with Crippen molar-refractivity contribution in [2.24, 2.45) is 0 Å². The fourth-order valence-electron chi connectivity index (χ4n) is 1.38. The lowest BCUT2D eigenvalue weighted by Crippen LogP contribution is -2.30. The van der Waals surface area contributed by atoms with Gasteiger partial charge in [0.25, 0.3) is 6.29 Å². The molecule has 98 valence electrons. The monoisotopic (exact) mass is 252 g/mol. The zero-order valence-electron chi connectivity index (χ0n) is 10.6. The molecular formula is C13H16O5. The summed E-state index contributed by atoms with van der Waals surface area (Å²) in [7, 11) is 1.42. The highest BCUT2D eigenvalue weighted by atomic mass is 16.8. The lowest BCUT2D eigenvalue weighted by Gasteiger charge is -2.16. The lowest BCUT2D eigenvalue weighted by molar-refractivity contribution is -0.182. The molecule has 0 radical (unpaired) electrons. The van der Waals surface area contributed by atoms with Gasteiger partial charge in [0.2, 0.25) is 5.78 Å². The first-order valence-corrected chi connectivity index (χ1v) is 5.43. The van der Waals surface area contributed by atoms with Crippen molar-refractivity contribution in [3.05, 3.63) is 35.4 Å². The summed E-state index contributed by atoms with van der Waals surface area (Å²) in [5, 5.41) is 0. The quantitative estimate of drug-likeness (QED) is 0.438. The minimum atomic E-state index is -1.27. The fraction of sp³-hybridized carbons (Fsp3) is 0.385. The molecule has 0 saturated heterocycles. The summed E-state index contributed by atoms with van der Waals surface area (Å²) in [5.74, 6) is -0.997. The van der Waals surface area contributed by atoms with Crippen LogP contribution in [0.15, 0.2) is 24.3 Å². The van der Waals surface area contributed by atoms with Crippen molar-refractivity contribution in [1.82, 2.24) is 0 Å². The van der Waals surface area contributed by atoms with Crippen LogP contribution < -0.4 is 0 Å². The molecule has 1 unspecified atom stereocenters. The van der Waals surface area contributed by atoms with Gasteiger partial charge in [-0.3, -0.25) is 9.59 Å². The average Bonchev–Trinajstić information content (AvgIpc) is 2.33. The highest BCUT2D eigenvalue weighted by molar-refractivity contribution is 5.99. The van der Waals surface area contributed by atoms with Crippen molar-refractivity contribution in [3.63, 3.8) is 0 Å². The van der Waals surface area contributed by atoms with E-state index in [0.717, 1.165) is 5.56 Å². The molecule has 0 bridgehead atoms. The van der Waals surface area contributed by atoms with E-state index in [1.807, 2.05) is 13.0 Å². The molecule has 0 heterocycles. The Morgan fingerprint density at radius 2 is 2.06 bits per heavy atom. The van der Waals surface area contributed by atoms with Crippen LogP contribution in [0.25, 0.3) is 0 Å². The zero-order chi connectivity index (χ0) is 13.5. The normalized spacial score (nSPS) is 11.9. The summed E-state index contributed by atoms with van der Waals surface area (Å²) in [5.41, 5.74) is 1.37. The van der Waals surface area contributed by atoms with Crippen LogP contribution in [0.2, 0.25) is 0 Å². The average molecular weight is 252 g/mol. The number of ether oxygens (including phenoxy) is 3. The first kappa shape index (κ1) is 14.3. The molecule has 0 N–H and O–H groups in total. The molecule has 0 spiro atoms. The Labute approximate surface area is 106 Å². The largest absolute Gasteiger partial charge is 0.428 e. The van der Waals surface area contributed by atoms with Gasteiger partial charge in [-0.1, -0.05) is 23.8 Å². The molecule has 0 aliphatic carbocycles. The van der Waals surface area contributed by atoms with Crippen molar-refractivity contribution >= 4 is 11.8 Å². The van der Waals surface area contributed by atoms with Crippen molar-refractivity contribution in [2.45, 2.75) is 20.1 Å². The lowest BCUT2D eigenvalue weighted by atomic mass is 10.1. The molecule has 0 fully saturated rings. The Hall–Kier alpha value is -1.72. The fourth-order valence-corrected chi connectivity index (χ4v) is 1.38. The second-order valence-corrected chi connectivity index (χ2v) is 3.75. The minimum Gasteiger partial charge on any atom is -0.428 e. The Kier molecular flexibility index (Phi) is 5.48. The number of aryl methyl sites for hydroxylation is 1. The number of hydrogen-bond acceptors (Lipinski definition) is 5. The Balaban J connectivity index is 2.83. The van der Waals surface area contributed by atoms with E-state index in [2.05, 4.69) is 0 Å². The van der Waals surface area contributed by atoms with E-state index in [-0.39, 0.29) is 6.79 Å². The van der Waals surface area contributed by atoms with Crippen LogP contribution in [0.1, 0.15) is 22.8 Å². The van der Waals surface area contributed by atoms with Gasteiger partial charge in [-0.25, -0.2) is 0 Å². The van der Waals surface area contributed by atoms with Crippen LogP contribution in [0.4, 0.5) is 0 Å². The zero-order valence-corrected chi connectivity index (χ0v) is 10.6. The molecule has 1 aromatic rings. The van der Waals surface area contributed by atoms with Gasteiger partial charge >= 0.3 is 5.97 Å². The van der Waals surface area contributed by atoms with Gasteiger partial charge in [0, 0.05) is 19.6 Å². The number of rotatable bonds is 6. The van der Waals surface area contributed by atoms with Crippen molar-refractivity contribution in [2.75, 3.05) is 13.9 Å². The highest BCUT2D eigenvalue weighted by Gasteiger charge is 2.23. The summed E-state index contributed by atoms with van der Waals surface area (Å²) >= 11 is 0. The second-order valence-electron chi connectivity index (χ2n) is 3.75.